The van der Waals surface area contributed by atoms with E-state index in [4.69, 9.17) is 8.83 Å². The molecule has 2 N–H and O–H groups in total. The highest BCUT2D eigenvalue weighted by Crippen LogP contribution is 2.36. The monoisotopic (exact) mass is 790 g/mol. The van der Waals surface area contributed by atoms with Crippen molar-refractivity contribution >= 4 is 0 Å². The molecule has 0 saturated carbocycles. The smallest absolute Gasteiger partial charge is 0.416 e. The maximum Gasteiger partial charge on any atom is 0.416 e. The lowest BCUT2D eigenvalue weighted by Gasteiger charge is -2.06. The van der Waals surface area contributed by atoms with Gasteiger partial charge in [0.05, 0.1) is 11.1 Å². The second kappa shape index (κ2) is 15.8. The molecule has 0 aliphatic heterocycles. The van der Waals surface area contributed by atoms with Gasteiger partial charge in [-0.05, 0) is 115 Å². The van der Waals surface area contributed by atoms with Crippen molar-refractivity contribution in [1.82, 2.24) is 9.97 Å². The molecule has 6 aromatic carbocycles. The highest BCUT2D eigenvalue weighted by Gasteiger charge is 2.31. The number of halogens is 6. The van der Waals surface area contributed by atoms with E-state index in [2.05, 4.69) is 9.97 Å². The number of hydrogen-bond acceptors (Lipinski definition) is 6. The number of nitrogens with zero attached hydrogens (tertiary/aromatic N) is 2. The fourth-order valence-electron chi connectivity index (χ4n) is 6.15. The highest BCUT2D eigenvalue weighted by molar-refractivity contribution is 5.74. The Balaban J connectivity index is 0.000000177. The van der Waals surface area contributed by atoms with E-state index in [1.54, 1.807) is 38.1 Å². The van der Waals surface area contributed by atoms with Crippen LogP contribution in [0.4, 0.5) is 26.3 Å². The molecule has 12 heteroatoms. The molecule has 2 heterocycles. The molecule has 58 heavy (non-hydrogen) atoms. The first kappa shape index (κ1) is 39.2. The van der Waals surface area contributed by atoms with Gasteiger partial charge in [-0.3, -0.25) is 0 Å². The molecule has 2 aromatic heterocycles. The molecule has 0 spiro atoms. The molecular weight excluding hydrogens is 759 g/mol. The van der Waals surface area contributed by atoms with Crippen molar-refractivity contribution in [2.75, 3.05) is 0 Å². The van der Waals surface area contributed by atoms with Crippen LogP contribution in [0.3, 0.4) is 0 Å². The fourth-order valence-corrected chi connectivity index (χ4v) is 6.15. The van der Waals surface area contributed by atoms with Gasteiger partial charge >= 0.3 is 12.4 Å². The summed E-state index contributed by atoms with van der Waals surface area (Å²) in [5.41, 5.74) is 6.29. The first-order valence-corrected chi connectivity index (χ1v) is 17.7. The number of oxazole rings is 2. The number of phenolic OH excluding ortho intramolecular Hbond substituents is 2. The van der Waals surface area contributed by atoms with Crippen LogP contribution in [0.2, 0.25) is 0 Å². The molecular formula is C46H32F6N2O4. The predicted molar refractivity (Wildman–Crippen MR) is 208 cm³/mol. The summed E-state index contributed by atoms with van der Waals surface area (Å²) in [5, 5.41) is 18.9. The lowest BCUT2D eigenvalue weighted by Crippen LogP contribution is -2.03. The maximum absolute atomic E-state index is 12.8. The Kier molecular flexibility index (Phi) is 10.7. The van der Waals surface area contributed by atoms with Crippen molar-refractivity contribution in [3.63, 3.8) is 0 Å². The Labute approximate surface area is 328 Å². The Morgan fingerprint density at radius 3 is 1.14 bits per heavy atom. The average Bonchev–Trinajstić information content (AvgIpc) is 3.80. The number of hydrogen-bond donors (Lipinski definition) is 2. The molecule has 0 fully saturated rings. The number of aryl methyl sites for hydroxylation is 2. The van der Waals surface area contributed by atoms with Crippen molar-refractivity contribution in [3.8, 4) is 79.2 Å². The fraction of sp³-hybridized carbons (Fsp3) is 0.0870. The van der Waals surface area contributed by atoms with Crippen molar-refractivity contribution in [3.05, 3.63) is 168 Å². The molecule has 0 amide bonds. The Morgan fingerprint density at radius 1 is 0.397 bits per heavy atom. The van der Waals surface area contributed by atoms with Gasteiger partial charge in [-0.2, -0.15) is 26.3 Å². The summed E-state index contributed by atoms with van der Waals surface area (Å²) >= 11 is 0. The van der Waals surface area contributed by atoms with Gasteiger partial charge < -0.3 is 19.0 Å². The summed E-state index contributed by atoms with van der Waals surface area (Å²) in [7, 11) is 0. The van der Waals surface area contributed by atoms with Gasteiger partial charge in [0.15, 0.2) is 0 Å². The number of aromatic hydroxyl groups is 2. The van der Waals surface area contributed by atoms with Gasteiger partial charge in [-0.1, -0.05) is 66.7 Å². The minimum atomic E-state index is -4.38. The van der Waals surface area contributed by atoms with E-state index in [1.165, 1.54) is 24.3 Å². The van der Waals surface area contributed by atoms with Crippen LogP contribution >= 0.6 is 0 Å². The van der Waals surface area contributed by atoms with E-state index in [9.17, 15) is 36.6 Å². The summed E-state index contributed by atoms with van der Waals surface area (Å²) in [6.07, 6.45) is -8.76. The molecule has 0 radical (unpaired) electrons. The molecule has 0 saturated heterocycles. The largest absolute Gasteiger partial charge is 0.508 e. The molecule has 8 rings (SSSR count). The Hall–Kier alpha value is -7.08. The summed E-state index contributed by atoms with van der Waals surface area (Å²) in [5.74, 6) is 2.09. The number of alkyl halides is 6. The van der Waals surface area contributed by atoms with Crippen LogP contribution in [0.5, 0.6) is 11.5 Å². The number of aromatic nitrogens is 2. The standard InChI is InChI=1S/2C23H16F3NO2/c1-14-21(17-4-2-15(3-5-17)16-8-12-20(28)13-9-16)27-22(29-14)18-6-10-19(11-7-18)23(24,25)26;1-14-21(18-4-2-3-17(13-18)15-7-11-20(28)12-8-15)27-22(29-14)16-5-9-19(10-6-16)23(24,25)26/h2*2-13,28H,1H3. The quantitative estimate of drug-likeness (QED) is 0.163. The van der Waals surface area contributed by atoms with Gasteiger partial charge in [-0.25, -0.2) is 9.97 Å². The molecule has 0 atom stereocenters. The normalized spacial score (nSPS) is 11.6. The van der Waals surface area contributed by atoms with Gasteiger partial charge in [0, 0.05) is 22.3 Å². The van der Waals surface area contributed by atoms with Crippen molar-refractivity contribution < 1.29 is 45.4 Å². The third-order valence-corrected chi connectivity index (χ3v) is 9.21. The van der Waals surface area contributed by atoms with E-state index < -0.39 is 23.5 Å². The topological polar surface area (TPSA) is 92.5 Å². The van der Waals surface area contributed by atoms with Crippen LogP contribution in [0.25, 0.3) is 67.7 Å². The molecule has 6 nitrogen and oxygen atoms in total. The summed E-state index contributed by atoms with van der Waals surface area (Å²) in [6, 6.07) is 38.6. The van der Waals surface area contributed by atoms with E-state index in [0.717, 1.165) is 57.6 Å². The summed E-state index contributed by atoms with van der Waals surface area (Å²) < 4.78 is 87.9. The Bertz CT molecular complexity index is 2640. The second-order valence-corrected chi connectivity index (χ2v) is 13.2. The average molecular weight is 791 g/mol. The first-order valence-electron chi connectivity index (χ1n) is 17.7. The molecule has 8 aromatic rings. The van der Waals surface area contributed by atoms with Crippen molar-refractivity contribution in [2.24, 2.45) is 0 Å². The molecule has 0 bridgehead atoms. The third-order valence-electron chi connectivity index (χ3n) is 9.21. The van der Waals surface area contributed by atoms with Crippen LogP contribution in [0.1, 0.15) is 22.6 Å². The van der Waals surface area contributed by atoms with Crippen LogP contribution in [-0.4, -0.2) is 20.2 Å². The molecule has 292 valence electrons. The second-order valence-electron chi connectivity index (χ2n) is 13.2. The summed E-state index contributed by atoms with van der Waals surface area (Å²) in [4.78, 5) is 8.98. The van der Waals surface area contributed by atoms with Crippen LogP contribution in [-0.2, 0) is 12.4 Å². The predicted octanol–water partition coefficient (Wildman–Crippen LogP) is 13.4. The zero-order chi connectivity index (χ0) is 41.2. The van der Waals surface area contributed by atoms with Crippen LogP contribution in [0, 0.1) is 13.8 Å². The SMILES string of the molecule is Cc1oc(-c2ccc(C(F)(F)F)cc2)nc1-c1ccc(-c2ccc(O)cc2)cc1.Cc1oc(-c2ccc(C(F)(F)F)cc2)nc1-c1cccc(-c2ccc(O)cc2)c1. The van der Waals surface area contributed by atoms with E-state index >= 15 is 0 Å². The lowest BCUT2D eigenvalue weighted by molar-refractivity contribution is -0.138. The maximum atomic E-state index is 12.8. The van der Waals surface area contributed by atoms with Crippen molar-refractivity contribution in [1.29, 1.82) is 0 Å². The van der Waals surface area contributed by atoms with Gasteiger partial charge in [0.2, 0.25) is 11.8 Å². The zero-order valence-electron chi connectivity index (χ0n) is 30.7. The van der Waals surface area contributed by atoms with Crippen LogP contribution in [0.15, 0.2) is 154 Å². The van der Waals surface area contributed by atoms with E-state index in [1.807, 2.05) is 72.8 Å². The lowest BCUT2D eigenvalue weighted by atomic mass is 10.0. The number of phenols is 2. The molecule has 0 aliphatic carbocycles. The molecule has 0 unspecified atom stereocenters. The molecule has 0 aliphatic rings. The van der Waals surface area contributed by atoms with Crippen LogP contribution < -0.4 is 0 Å². The minimum absolute atomic E-state index is 0.193. The summed E-state index contributed by atoms with van der Waals surface area (Å²) in [6.45, 7) is 3.53. The zero-order valence-corrected chi connectivity index (χ0v) is 30.7. The number of rotatable bonds is 6. The van der Waals surface area contributed by atoms with Gasteiger partial charge in [0.1, 0.15) is 34.4 Å². The number of benzene rings is 6. The van der Waals surface area contributed by atoms with E-state index in [0.29, 0.717) is 34.0 Å². The van der Waals surface area contributed by atoms with E-state index in [-0.39, 0.29) is 23.3 Å². The highest BCUT2D eigenvalue weighted by atomic mass is 19.4. The Morgan fingerprint density at radius 2 is 0.724 bits per heavy atom. The third kappa shape index (κ3) is 8.81. The van der Waals surface area contributed by atoms with Crippen molar-refractivity contribution in [2.45, 2.75) is 26.2 Å². The van der Waals surface area contributed by atoms with Gasteiger partial charge in [0.25, 0.3) is 0 Å². The minimum Gasteiger partial charge on any atom is -0.508 e. The first-order chi connectivity index (χ1) is 27.6. The van der Waals surface area contributed by atoms with Gasteiger partial charge in [-0.15, -0.1) is 0 Å².